The van der Waals surface area contributed by atoms with Crippen molar-refractivity contribution in [1.29, 1.82) is 0 Å². The molecule has 1 amide bonds. The van der Waals surface area contributed by atoms with E-state index in [1.165, 1.54) is 17.8 Å². The van der Waals surface area contributed by atoms with Crippen LogP contribution in [-0.4, -0.2) is 59.2 Å². The quantitative estimate of drug-likeness (QED) is 0.249. The van der Waals surface area contributed by atoms with Gasteiger partial charge >= 0.3 is 19.1 Å². The molecule has 1 aromatic rings. The van der Waals surface area contributed by atoms with Gasteiger partial charge in [-0.1, -0.05) is 12.1 Å². The van der Waals surface area contributed by atoms with Crippen LogP contribution in [0.5, 0.6) is 0 Å². The minimum Gasteiger partial charge on any atom is -0.465 e. The molecular weight excluding hydrogens is 421 g/mol. The first kappa shape index (κ1) is 27.0. The zero-order valence-corrected chi connectivity index (χ0v) is 19.4. The monoisotopic (exact) mass is 453 g/mol. The lowest BCUT2D eigenvalue weighted by atomic mass is 9.80. The van der Waals surface area contributed by atoms with Gasteiger partial charge in [0, 0.05) is 17.9 Å². The number of ether oxygens (including phenoxy) is 2. The highest BCUT2D eigenvalue weighted by Gasteiger charge is 2.26. The molecule has 1 atom stereocenters. The summed E-state index contributed by atoms with van der Waals surface area (Å²) in [5, 5.41) is 21.0. The Bertz CT molecular complexity index is 737. The van der Waals surface area contributed by atoms with Crippen LogP contribution in [0, 0.1) is 5.92 Å². The summed E-state index contributed by atoms with van der Waals surface area (Å²) in [6.45, 7) is 5.48. The number of unbranched alkanes of at least 4 members (excludes halogenated alkanes) is 1. The molecule has 3 N–H and O–H groups in total. The van der Waals surface area contributed by atoms with E-state index in [2.05, 4.69) is 5.32 Å². The number of amides is 1. The molecule has 0 saturated heterocycles. The normalized spacial score (nSPS) is 12.1. The number of hydrogen-bond acceptors (Lipinski definition) is 8. The summed E-state index contributed by atoms with van der Waals surface area (Å²) in [5.41, 5.74) is 0.157. The van der Waals surface area contributed by atoms with Crippen molar-refractivity contribution >= 4 is 47.9 Å². The van der Waals surface area contributed by atoms with Gasteiger partial charge in [-0.2, -0.15) is 11.8 Å². The van der Waals surface area contributed by atoms with Crippen LogP contribution in [-0.2, 0) is 23.9 Å². The summed E-state index contributed by atoms with van der Waals surface area (Å²) >= 11 is 1.46. The van der Waals surface area contributed by atoms with Crippen molar-refractivity contribution in [1.82, 2.24) is 0 Å². The smallest absolute Gasteiger partial charge is 0.465 e. The molecule has 0 aliphatic rings. The number of hydrogen-bond donors (Lipinski definition) is 3. The highest BCUT2D eigenvalue weighted by atomic mass is 32.2. The molecule has 0 aliphatic carbocycles. The lowest BCUT2D eigenvalue weighted by molar-refractivity contribution is -0.161. The molecule has 31 heavy (non-hydrogen) atoms. The zero-order chi connectivity index (χ0) is 23.4. The largest absolute Gasteiger partial charge is 0.488 e. The molecule has 0 heterocycles. The summed E-state index contributed by atoms with van der Waals surface area (Å²) in [6.07, 6.45) is 3.08. The Hall–Kier alpha value is -2.04. The number of rotatable bonds is 12. The summed E-state index contributed by atoms with van der Waals surface area (Å²) in [7, 11) is -1.60. The zero-order valence-electron chi connectivity index (χ0n) is 18.6. The Balaban J connectivity index is 2.34. The second kappa shape index (κ2) is 13.4. The third kappa shape index (κ3) is 11.8. The molecule has 0 aliphatic heterocycles. The molecule has 0 radical (unpaired) electrons. The van der Waals surface area contributed by atoms with Gasteiger partial charge in [-0.3, -0.25) is 14.4 Å². The van der Waals surface area contributed by atoms with Crippen molar-refractivity contribution < 1.29 is 33.9 Å². The van der Waals surface area contributed by atoms with Crippen molar-refractivity contribution in [2.45, 2.75) is 52.1 Å². The molecular formula is C21H32BNO7S. The van der Waals surface area contributed by atoms with E-state index in [9.17, 15) is 24.4 Å². The fourth-order valence-electron chi connectivity index (χ4n) is 2.67. The summed E-state index contributed by atoms with van der Waals surface area (Å²) in [6, 6.07) is 6.30. The molecule has 0 aromatic heterocycles. The van der Waals surface area contributed by atoms with Crippen LogP contribution in [0.15, 0.2) is 24.3 Å². The first-order chi connectivity index (χ1) is 14.5. The van der Waals surface area contributed by atoms with Crippen molar-refractivity contribution in [2.75, 3.05) is 23.9 Å². The molecule has 1 rings (SSSR count). The van der Waals surface area contributed by atoms with Crippen molar-refractivity contribution in [3.8, 4) is 0 Å². The van der Waals surface area contributed by atoms with Gasteiger partial charge in [-0.25, -0.2) is 0 Å². The first-order valence-corrected chi connectivity index (χ1v) is 11.5. The van der Waals surface area contributed by atoms with Gasteiger partial charge < -0.3 is 24.8 Å². The lowest BCUT2D eigenvalue weighted by Gasteiger charge is -2.21. The van der Waals surface area contributed by atoms with E-state index in [0.29, 0.717) is 24.3 Å². The van der Waals surface area contributed by atoms with Crippen LogP contribution in [0.4, 0.5) is 5.69 Å². The fourth-order valence-corrected chi connectivity index (χ4v) is 3.33. The maximum atomic E-state index is 12.3. The molecule has 1 aromatic carbocycles. The fraction of sp³-hybridized carbons (Fsp3) is 0.571. The molecule has 10 heteroatoms. The van der Waals surface area contributed by atoms with Gasteiger partial charge in [0.05, 0.1) is 18.9 Å². The number of carbonyl (C=O) groups is 3. The van der Waals surface area contributed by atoms with Crippen molar-refractivity contribution in [3.05, 3.63) is 24.3 Å². The number of esters is 2. The summed E-state index contributed by atoms with van der Waals surface area (Å²) in [5.74, 6) is -1.20. The maximum absolute atomic E-state index is 12.3. The predicted octanol–water partition coefficient (Wildman–Crippen LogP) is 1.73. The predicted molar refractivity (Wildman–Crippen MR) is 122 cm³/mol. The highest BCUT2D eigenvalue weighted by Crippen LogP contribution is 2.17. The van der Waals surface area contributed by atoms with E-state index in [0.717, 1.165) is 0 Å². The minimum atomic E-state index is -1.60. The van der Waals surface area contributed by atoms with Gasteiger partial charge in [0.1, 0.15) is 5.60 Å². The number of benzene rings is 1. The van der Waals surface area contributed by atoms with E-state index < -0.39 is 30.6 Å². The topological polar surface area (TPSA) is 122 Å². The standard InChI is InChI=1S/C21H32BNO7S/c1-21(2,3)30-19(25)12-15(14-31-4)20(26)29-11-6-5-10-18(24)23-17-9-7-8-16(13-17)22(27)28/h7-9,13,15,27-28H,5-6,10-12,14H2,1-4H3,(H,23,24). The van der Waals surface area contributed by atoms with Crippen molar-refractivity contribution in [2.24, 2.45) is 5.92 Å². The average molecular weight is 453 g/mol. The molecule has 8 nitrogen and oxygen atoms in total. The van der Waals surface area contributed by atoms with Gasteiger partial charge in [0.25, 0.3) is 0 Å². The number of anilines is 1. The van der Waals surface area contributed by atoms with Crippen LogP contribution in [0.25, 0.3) is 0 Å². The van der Waals surface area contributed by atoms with Gasteiger partial charge in [-0.15, -0.1) is 0 Å². The molecule has 0 bridgehead atoms. The summed E-state index contributed by atoms with van der Waals surface area (Å²) < 4.78 is 10.6. The molecule has 0 fully saturated rings. The molecule has 172 valence electrons. The maximum Gasteiger partial charge on any atom is 0.488 e. The Kier molecular flexibility index (Phi) is 11.7. The van der Waals surface area contributed by atoms with Crippen LogP contribution in [0.2, 0.25) is 0 Å². The van der Waals surface area contributed by atoms with E-state index in [-0.39, 0.29) is 30.8 Å². The first-order valence-electron chi connectivity index (χ1n) is 10.1. The van der Waals surface area contributed by atoms with Crippen molar-refractivity contribution in [3.63, 3.8) is 0 Å². The molecule has 0 spiro atoms. The van der Waals surface area contributed by atoms with Gasteiger partial charge in [0.2, 0.25) is 5.91 Å². The molecule has 0 saturated carbocycles. The Morgan fingerprint density at radius 3 is 2.52 bits per heavy atom. The highest BCUT2D eigenvalue weighted by molar-refractivity contribution is 7.98. The minimum absolute atomic E-state index is 0.0268. The third-order valence-electron chi connectivity index (χ3n) is 4.05. The van der Waals surface area contributed by atoms with E-state index >= 15 is 0 Å². The van der Waals surface area contributed by atoms with Crippen LogP contribution in [0.3, 0.4) is 0 Å². The Morgan fingerprint density at radius 2 is 1.90 bits per heavy atom. The molecule has 1 unspecified atom stereocenters. The average Bonchev–Trinajstić information content (AvgIpc) is 2.66. The second-order valence-corrected chi connectivity index (χ2v) is 9.03. The van der Waals surface area contributed by atoms with Gasteiger partial charge in [0.15, 0.2) is 0 Å². The SMILES string of the molecule is CSCC(CC(=O)OC(C)(C)C)C(=O)OCCCCC(=O)Nc1cccc(B(O)O)c1. The number of carbonyl (C=O) groups excluding carboxylic acids is 3. The van der Waals surface area contributed by atoms with E-state index in [4.69, 9.17) is 9.47 Å². The van der Waals surface area contributed by atoms with Gasteiger partial charge in [-0.05, 0) is 57.5 Å². The van der Waals surface area contributed by atoms with Crippen LogP contribution >= 0.6 is 11.8 Å². The summed E-state index contributed by atoms with van der Waals surface area (Å²) in [4.78, 5) is 36.3. The van der Waals surface area contributed by atoms with Crippen LogP contribution < -0.4 is 10.8 Å². The lowest BCUT2D eigenvalue weighted by Crippen LogP contribution is -2.30. The third-order valence-corrected chi connectivity index (χ3v) is 4.78. The van der Waals surface area contributed by atoms with Crippen LogP contribution in [0.1, 0.15) is 46.5 Å². The van der Waals surface area contributed by atoms with E-state index in [1.54, 1.807) is 39.0 Å². The second-order valence-electron chi connectivity index (χ2n) is 8.11. The number of thioether (sulfide) groups is 1. The van der Waals surface area contributed by atoms with E-state index in [1.807, 2.05) is 6.26 Å². The Labute approximate surface area is 188 Å². The number of nitrogens with one attached hydrogen (secondary N) is 1. The Morgan fingerprint density at radius 1 is 1.19 bits per heavy atom.